The van der Waals surface area contributed by atoms with E-state index in [0.717, 1.165) is 58.6 Å². The number of aryl methyl sites for hydroxylation is 1. The average molecular weight is 474 g/mol. The molecule has 1 aromatic heterocycles. The normalized spacial score (nSPS) is 16.1. The molecule has 3 nitrogen and oxygen atoms in total. The van der Waals surface area contributed by atoms with Crippen LogP contribution < -0.4 is 0 Å². The van der Waals surface area contributed by atoms with Crippen molar-refractivity contribution in [3.63, 3.8) is 0 Å². The Balaban J connectivity index is 1.70. The van der Waals surface area contributed by atoms with Crippen LogP contribution in [-0.2, 0) is 30.5 Å². The lowest BCUT2D eigenvalue weighted by atomic mass is 9.83. The Morgan fingerprint density at radius 3 is 2.32 bits per heavy atom. The largest absolute Gasteiger partial charge is 0.416 e. The third-order valence-corrected chi connectivity index (χ3v) is 6.15. The maximum absolute atomic E-state index is 13.7. The fourth-order valence-corrected chi connectivity index (χ4v) is 4.50. The Morgan fingerprint density at radius 2 is 1.71 bits per heavy atom. The minimum Gasteiger partial charge on any atom is -0.388 e. The molecule has 1 unspecified atom stereocenters. The number of rotatable bonds is 6. The van der Waals surface area contributed by atoms with Crippen LogP contribution in [-0.4, -0.2) is 10.1 Å². The highest BCUT2D eigenvalue weighted by Gasteiger charge is 2.30. The fraction of sp³-hybridized carbons (Fsp3) is 0.370. The molecule has 7 heteroatoms. The number of aliphatic hydroxyl groups excluding tert-OH is 1. The van der Waals surface area contributed by atoms with Crippen molar-refractivity contribution in [1.82, 2.24) is 4.98 Å². The fourth-order valence-electron chi connectivity index (χ4n) is 4.50. The molecule has 1 aliphatic rings. The van der Waals surface area contributed by atoms with Crippen LogP contribution in [0.15, 0.2) is 48.5 Å². The second-order valence-corrected chi connectivity index (χ2v) is 8.97. The number of benzene rings is 2. The average Bonchev–Trinajstić information content (AvgIpc) is 2.79. The smallest absolute Gasteiger partial charge is 0.388 e. The summed E-state index contributed by atoms with van der Waals surface area (Å²) in [7, 11) is 0. The summed E-state index contributed by atoms with van der Waals surface area (Å²) in [5, 5.41) is 10.9. The molecule has 0 bridgehead atoms. The van der Waals surface area contributed by atoms with Gasteiger partial charge in [0.2, 0.25) is 0 Å². The second-order valence-electron chi connectivity index (χ2n) is 8.97. The number of alkyl halides is 3. The van der Waals surface area contributed by atoms with Crippen molar-refractivity contribution in [2.24, 2.45) is 0 Å². The van der Waals surface area contributed by atoms with Crippen LogP contribution in [0.5, 0.6) is 0 Å². The quantitative estimate of drug-likeness (QED) is 0.388. The molecular weight excluding hydrogens is 446 g/mol. The zero-order chi connectivity index (χ0) is 24.5. The Labute approximate surface area is 196 Å². The van der Waals surface area contributed by atoms with Gasteiger partial charge in [-0.15, -0.1) is 0 Å². The molecule has 0 radical (unpaired) electrons. The van der Waals surface area contributed by atoms with Gasteiger partial charge in [0.05, 0.1) is 24.9 Å². The summed E-state index contributed by atoms with van der Waals surface area (Å²) < 4.78 is 58.1. The van der Waals surface area contributed by atoms with Crippen LogP contribution in [0.1, 0.15) is 72.4 Å². The standard InChI is InChI=1S/C27H27F4NO2/c1-16(2)26-21(15-34-14-17-6-10-19(11-7-17)27(29,30)31)24(18-8-12-20(28)13-9-18)25-22(32-26)4-3-5-23(25)33/h6-13,16,23,33H,3-5,14-15H2,1-2H3. The summed E-state index contributed by atoms with van der Waals surface area (Å²) in [6, 6.07) is 11.0. The van der Waals surface area contributed by atoms with Gasteiger partial charge in [0.25, 0.3) is 0 Å². The lowest BCUT2D eigenvalue weighted by molar-refractivity contribution is -0.137. The van der Waals surface area contributed by atoms with Crippen molar-refractivity contribution in [1.29, 1.82) is 0 Å². The molecule has 1 heterocycles. The number of pyridine rings is 1. The van der Waals surface area contributed by atoms with E-state index in [0.29, 0.717) is 12.0 Å². The minimum atomic E-state index is -4.38. The number of hydrogen-bond donors (Lipinski definition) is 1. The van der Waals surface area contributed by atoms with Crippen LogP contribution in [0.4, 0.5) is 17.6 Å². The monoisotopic (exact) mass is 473 g/mol. The summed E-state index contributed by atoms with van der Waals surface area (Å²) in [4.78, 5) is 4.89. The van der Waals surface area contributed by atoms with Crippen LogP contribution in [0.25, 0.3) is 11.1 Å². The number of ether oxygens (including phenoxy) is 1. The third-order valence-electron chi connectivity index (χ3n) is 6.15. The number of halogens is 4. The topological polar surface area (TPSA) is 42.4 Å². The van der Waals surface area contributed by atoms with Gasteiger partial charge < -0.3 is 9.84 Å². The number of aromatic nitrogens is 1. The molecule has 0 amide bonds. The summed E-state index contributed by atoms with van der Waals surface area (Å²) in [6.07, 6.45) is -2.84. The SMILES string of the molecule is CC(C)c1nc2c(c(-c3ccc(F)cc3)c1COCc1ccc(C(F)(F)F)cc1)C(O)CCC2. The minimum absolute atomic E-state index is 0.0771. The van der Waals surface area contributed by atoms with Crippen molar-refractivity contribution < 1.29 is 27.4 Å². The zero-order valence-corrected chi connectivity index (χ0v) is 19.1. The van der Waals surface area contributed by atoms with Crippen LogP contribution in [0.3, 0.4) is 0 Å². The molecule has 1 N–H and O–H groups in total. The number of fused-ring (bicyclic) bond motifs is 1. The van der Waals surface area contributed by atoms with E-state index in [9.17, 15) is 22.7 Å². The van der Waals surface area contributed by atoms with E-state index in [1.807, 2.05) is 13.8 Å². The van der Waals surface area contributed by atoms with Gasteiger partial charge in [-0.25, -0.2) is 4.39 Å². The predicted molar refractivity (Wildman–Crippen MR) is 122 cm³/mol. The van der Waals surface area contributed by atoms with Crippen LogP contribution in [0, 0.1) is 5.82 Å². The van der Waals surface area contributed by atoms with E-state index >= 15 is 0 Å². The molecule has 2 aromatic carbocycles. The molecule has 34 heavy (non-hydrogen) atoms. The van der Waals surface area contributed by atoms with Crippen LogP contribution >= 0.6 is 0 Å². The maximum Gasteiger partial charge on any atom is 0.416 e. The molecule has 3 aromatic rings. The van der Waals surface area contributed by atoms with Crippen molar-refractivity contribution in [2.75, 3.05) is 0 Å². The van der Waals surface area contributed by atoms with E-state index < -0.39 is 17.8 Å². The van der Waals surface area contributed by atoms with E-state index in [1.165, 1.54) is 24.3 Å². The summed E-state index contributed by atoms with van der Waals surface area (Å²) >= 11 is 0. The molecule has 0 spiro atoms. The molecule has 1 atom stereocenters. The van der Waals surface area contributed by atoms with Gasteiger partial charge in [-0.05, 0) is 66.1 Å². The molecule has 0 saturated carbocycles. The first-order valence-electron chi connectivity index (χ1n) is 11.4. The maximum atomic E-state index is 13.7. The predicted octanol–water partition coefficient (Wildman–Crippen LogP) is 7.12. The number of aliphatic hydroxyl groups is 1. The van der Waals surface area contributed by atoms with E-state index in [2.05, 4.69) is 0 Å². The lowest BCUT2D eigenvalue weighted by Crippen LogP contribution is -2.18. The van der Waals surface area contributed by atoms with Gasteiger partial charge in [0.15, 0.2) is 0 Å². The van der Waals surface area contributed by atoms with Crippen molar-refractivity contribution >= 4 is 0 Å². The summed E-state index contributed by atoms with van der Waals surface area (Å²) in [5.41, 5.74) is 4.78. The van der Waals surface area contributed by atoms with Crippen molar-refractivity contribution in [2.45, 2.75) is 64.5 Å². The molecule has 4 rings (SSSR count). The van der Waals surface area contributed by atoms with Gasteiger partial charge in [0.1, 0.15) is 5.82 Å². The van der Waals surface area contributed by atoms with E-state index in [-0.39, 0.29) is 24.9 Å². The van der Waals surface area contributed by atoms with Gasteiger partial charge in [-0.2, -0.15) is 13.2 Å². The first kappa shape index (κ1) is 24.4. The highest BCUT2D eigenvalue weighted by Crippen LogP contribution is 2.41. The molecule has 0 fully saturated rings. The van der Waals surface area contributed by atoms with E-state index in [4.69, 9.17) is 9.72 Å². The second kappa shape index (κ2) is 9.84. The van der Waals surface area contributed by atoms with Gasteiger partial charge in [-0.3, -0.25) is 4.98 Å². The zero-order valence-electron chi connectivity index (χ0n) is 19.1. The Kier molecular flexibility index (Phi) is 7.05. The highest BCUT2D eigenvalue weighted by molar-refractivity contribution is 5.73. The molecular formula is C27H27F4NO2. The Hall–Kier alpha value is -2.77. The molecule has 1 aliphatic carbocycles. The van der Waals surface area contributed by atoms with Crippen LogP contribution in [0.2, 0.25) is 0 Å². The van der Waals surface area contributed by atoms with E-state index in [1.54, 1.807) is 12.1 Å². The Morgan fingerprint density at radius 1 is 1.03 bits per heavy atom. The first-order chi connectivity index (χ1) is 16.1. The summed E-state index contributed by atoms with van der Waals surface area (Å²) in [6.45, 7) is 4.34. The summed E-state index contributed by atoms with van der Waals surface area (Å²) in [5.74, 6) is -0.273. The number of hydrogen-bond acceptors (Lipinski definition) is 3. The highest BCUT2D eigenvalue weighted by atomic mass is 19.4. The molecule has 180 valence electrons. The van der Waals surface area contributed by atoms with Gasteiger partial charge in [-0.1, -0.05) is 38.1 Å². The molecule has 0 saturated heterocycles. The van der Waals surface area contributed by atoms with Crippen molar-refractivity contribution in [3.8, 4) is 11.1 Å². The first-order valence-corrected chi connectivity index (χ1v) is 11.4. The van der Waals surface area contributed by atoms with Gasteiger partial charge in [0, 0.05) is 22.5 Å². The Bertz CT molecular complexity index is 1140. The molecule has 0 aliphatic heterocycles. The lowest BCUT2D eigenvalue weighted by Gasteiger charge is -2.28. The number of nitrogens with zero attached hydrogens (tertiary/aromatic N) is 1. The van der Waals surface area contributed by atoms with Crippen molar-refractivity contribution in [3.05, 3.63) is 88.0 Å². The third kappa shape index (κ3) is 5.15. The van der Waals surface area contributed by atoms with Gasteiger partial charge >= 0.3 is 6.18 Å².